The Labute approximate surface area is 160 Å². The van der Waals surface area contributed by atoms with Crippen LogP contribution in [0, 0.1) is 0 Å². The number of halogens is 2. The number of aryl methyl sites for hydroxylation is 1. The van der Waals surface area contributed by atoms with Gasteiger partial charge in [-0.25, -0.2) is 9.97 Å². The molecule has 0 saturated carbocycles. The number of hydrogen-bond donors (Lipinski definition) is 2. The van der Waals surface area contributed by atoms with E-state index < -0.39 is 0 Å². The first kappa shape index (κ1) is 18.1. The zero-order valence-electron chi connectivity index (χ0n) is 13.8. The minimum absolute atomic E-state index is 0.131. The number of nitrogens with zero attached hydrogens (tertiary/aromatic N) is 3. The van der Waals surface area contributed by atoms with Gasteiger partial charge in [-0.1, -0.05) is 30.1 Å². The van der Waals surface area contributed by atoms with Crippen LogP contribution in [0.4, 0.5) is 17.2 Å². The molecule has 2 aromatic heterocycles. The molecule has 0 aliphatic rings. The highest BCUT2D eigenvalue weighted by Crippen LogP contribution is 2.29. The van der Waals surface area contributed by atoms with E-state index in [4.69, 9.17) is 23.2 Å². The summed E-state index contributed by atoms with van der Waals surface area (Å²) in [4.78, 5) is 25.0. The normalized spacial score (nSPS) is 10.4. The molecule has 0 atom stereocenters. The van der Waals surface area contributed by atoms with E-state index in [1.807, 2.05) is 6.92 Å². The Balaban J connectivity index is 1.90. The number of pyridine rings is 1. The van der Waals surface area contributed by atoms with Crippen molar-refractivity contribution in [1.82, 2.24) is 15.0 Å². The number of nitrogens with one attached hydrogen (secondary N) is 2. The number of anilines is 3. The highest BCUT2D eigenvalue weighted by molar-refractivity contribution is 6.33. The van der Waals surface area contributed by atoms with Crippen molar-refractivity contribution in [2.75, 3.05) is 10.6 Å². The van der Waals surface area contributed by atoms with E-state index in [0.717, 1.165) is 5.69 Å². The maximum absolute atomic E-state index is 12.7. The molecule has 1 aromatic carbocycles. The Morgan fingerprint density at radius 1 is 1.08 bits per heavy atom. The third-order valence-electron chi connectivity index (χ3n) is 3.62. The summed E-state index contributed by atoms with van der Waals surface area (Å²) in [5.74, 6) is 0.0495. The van der Waals surface area contributed by atoms with Gasteiger partial charge in [-0.05, 0) is 42.8 Å². The number of amides is 1. The van der Waals surface area contributed by atoms with Crippen molar-refractivity contribution in [2.45, 2.75) is 13.3 Å². The SMILES string of the molecule is CCc1ncccc1C(=O)Nc1c(Cl)ncnc1Nc1ccc(Cl)cc1. The third kappa shape index (κ3) is 4.09. The lowest BCUT2D eigenvalue weighted by Gasteiger charge is -2.14. The summed E-state index contributed by atoms with van der Waals surface area (Å²) in [6.07, 6.45) is 3.61. The Morgan fingerprint density at radius 2 is 1.85 bits per heavy atom. The van der Waals surface area contributed by atoms with Crippen LogP contribution in [0.15, 0.2) is 48.9 Å². The van der Waals surface area contributed by atoms with Crippen LogP contribution >= 0.6 is 23.2 Å². The van der Waals surface area contributed by atoms with Gasteiger partial charge in [0.25, 0.3) is 5.91 Å². The van der Waals surface area contributed by atoms with Crippen LogP contribution in [0.25, 0.3) is 0 Å². The number of aromatic nitrogens is 3. The molecule has 0 aliphatic carbocycles. The molecule has 0 bridgehead atoms. The van der Waals surface area contributed by atoms with Gasteiger partial charge in [-0.3, -0.25) is 9.78 Å². The van der Waals surface area contributed by atoms with Crippen molar-refractivity contribution < 1.29 is 4.79 Å². The minimum Gasteiger partial charge on any atom is -0.338 e. The van der Waals surface area contributed by atoms with E-state index in [0.29, 0.717) is 34.2 Å². The molecule has 3 rings (SSSR count). The lowest BCUT2D eigenvalue weighted by molar-refractivity contribution is 0.102. The van der Waals surface area contributed by atoms with Gasteiger partial charge >= 0.3 is 0 Å². The lowest BCUT2D eigenvalue weighted by atomic mass is 10.1. The van der Waals surface area contributed by atoms with Crippen LogP contribution in [0.2, 0.25) is 10.2 Å². The summed E-state index contributed by atoms with van der Waals surface area (Å²) >= 11 is 12.1. The van der Waals surface area contributed by atoms with Crippen molar-refractivity contribution in [1.29, 1.82) is 0 Å². The second-order valence-electron chi connectivity index (χ2n) is 5.33. The Kier molecular flexibility index (Phi) is 5.65. The average molecular weight is 388 g/mol. The van der Waals surface area contributed by atoms with Crippen LogP contribution in [0.1, 0.15) is 23.0 Å². The molecule has 0 fully saturated rings. The first-order chi connectivity index (χ1) is 12.6. The van der Waals surface area contributed by atoms with Crippen molar-refractivity contribution >= 4 is 46.3 Å². The van der Waals surface area contributed by atoms with E-state index in [-0.39, 0.29) is 11.1 Å². The van der Waals surface area contributed by atoms with Gasteiger partial charge in [0.05, 0.1) is 11.3 Å². The Morgan fingerprint density at radius 3 is 2.58 bits per heavy atom. The number of hydrogen-bond acceptors (Lipinski definition) is 5. The van der Waals surface area contributed by atoms with E-state index in [1.54, 1.807) is 42.6 Å². The van der Waals surface area contributed by atoms with Crippen LogP contribution < -0.4 is 10.6 Å². The fourth-order valence-electron chi connectivity index (χ4n) is 2.35. The number of carbonyl (C=O) groups is 1. The van der Waals surface area contributed by atoms with Gasteiger partial charge in [0.15, 0.2) is 11.0 Å². The highest BCUT2D eigenvalue weighted by atomic mass is 35.5. The summed E-state index contributed by atoms with van der Waals surface area (Å²) in [5, 5.41) is 6.63. The van der Waals surface area contributed by atoms with E-state index in [1.165, 1.54) is 6.33 Å². The van der Waals surface area contributed by atoms with Crippen molar-refractivity contribution in [3.05, 3.63) is 70.4 Å². The summed E-state index contributed by atoms with van der Waals surface area (Å²) in [6.45, 7) is 1.94. The van der Waals surface area contributed by atoms with E-state index in [2.05, 4.69) is 25.6 Å². The average Bonchev–Trinajstić information content (AvgIpc) is 2.66. The number of carbonyl (C=O) groups excluding carboxylic acids is 1. The molecule has 0 unspecified atom stereocenters. The molecule has 1 amide bonds. The molecule has 26 heavy (non-hydrogen) atoms. The first-order valence-electron chi connectivity index (χ1n) is 7.86. The fourth-order valence-corrected chi connectivity index (χ4v) is 2.65. The zero-order chi connectivity index (χ0) is 18.5. The topological polar surface area (TPSA) is 79.8 Å². The van der Waals surface area contributed by atoms with Crippen LogP contribution in [0.3, 0.4) is 0 Å². The molecular formula is C18H15Cl2N5O. The molecule has 0 radical (unpaired) electrons. The molecule has 2 N–H and O–H groups in total. The lowest BCUT2D eigenvalue weighted by Crippen LogP contribution is -2.17. The summed E-state index contributed by atoms with van der Waals surface area (Å²) in [7, 11) is 0. The van der Waals surface area contributed by atoms with Crippen LogP contribution in [0.5, 0.6) is 0 Å². The fraction of sp³-hybridized carbons (Fsp3) is 0.111. The molecule has 132 valence electrons. The third-order valence-corrected chi connectivity index (χ3v) is 4.15. The van der Waals surface area contributed by atoms with Crippen molar-refractivity contribution in [2.24, 2.45) is 0 Å². The Hall–Kier alpha value is -2.70. The van der Waals surface area contributed by atoms with E-state index in [9.17, 15) is 4.79 Å². The molecule has 0 saturated heterocycles. The first-order valence-corrected chi connectivity index (χ1v) is 8.62. The highest BCUT2D eigenvalue weighted by Gasteiger charge is 2.17. The molecule has 3 aromatic rings. The molecule has 0 spiro atoms. The van der Waals surface area contributed by atoms with Crippen molar-refractivity contribution in [3.8, 4) is 0 Å². The van der Waals surface area contributed by atoms with Crippen molar-refractivity contribution in [3.63, 3.8) is 0 Å². The molecule has 6 nitrogen and oxygen atoms in total. The van der Waals surface area contributed by atoms with Gasteiger partial charge in [0.1, 0.15) is 12.0 Å². The standard InChI is InChI=1S/C18H15Cl2N5O/c1-2-14-13(4-3-9-21-14)18(26)25-15-16(20)22-10-23-17(15)24-12-7-5-11(19)6-8-12/h3-10H,2H2,1H3,(H,25,26)(H,22,23,24). The molecular weight excluding hydrogens is 373 g/mol. The number of rotatable bonds is 5. The molecule has 0 aliphatic heterocycles. The molecule has 8 heteroatoms. The smallest absolute Gasteiger partial charge is 0.257 e. The minimum atomic E-state index is -0.328. The van der Waals surface area contributed by atoms with Gasteiger partial charge in [0, 0.05) is 16.9 Å². The zero-order valence-corrected chi connectivity index (χ0v) is 15.3. The predicted molar refractivity (Wildman–Crippen MR) is 103 cm³/mol. The molecule has 2 heterocycles. The second-order valence-corrected chi connectivity index (χ2v) is 6.12. The predicted octanol–water partition coefficient (Wildman–Crippen LogP) is 4.74. The van der Waals surface area contributed by atoms with Gasteiger partial charge in [0.2, 0.25) is 0 Å². The number of benzene rings is 1. The Bertz CT molecular complexity index is 931. The summed E-state index contributed by atoms with van der Waals surface area (Å²) < 4.78 is 0. The summed E-state index contributed by atoms with van der Waals surface area (Å²) in [5.41, 5.74) is 2.22. The van der Waals surface area contributed by atoms with Crippen LogP contribution in [-0.4, -0.2) is 20.9 Å². The monoisotopic (exact) mass is 387 g/mol. The van der Waals surface area contributed by atoms with E-state index >= 15 is 0 Å². The van der Waals surface area contributed by atoms with Gasteiger partial charge in [-0.2, -0.15) is 0 Å². The second kappa shape index (κ2) is 8.12. The summed E-state index contributed by atoms with van der Waals surface area (Å²) in [6, 6.07) is 10.5. The maximum atomic E-state index is 12.7. The van der Waals surface area contributed by atoms with Gasteiger partial charge in [-0.15, -0.1) is 0 Å². The van der Waals surface area contributed by atoms with Gasteiger partial charge < -0.3 is 10.6 Å². The van der Waals surface area contributed by atoms with Crippen LogP contribution in [-0.2, 0) is 6.42 Å². The maximum Gasteiger partial charge on any atom is 0.257 e. The quantitative estimate of drug-likeness (QED) is 0.618. The largest absolute Gasteiger partial charge is 0.338 e.